The molecule has 30 nitrogen and oxygen atoms in total. The number of carbonyl (C=O) groups is 4. The second-order valence-corrected chi connectivity index (χ2v) is 12.8. The summed E-state index contributed by atoms with van der Waals surface area (Å²) in [5.74, 6) is -7.99. The molecule has 452 valence electrons. The zero-order chi connectivity index (χ0) is 46.9. The molecule has 0 atom stereocenters. The van der Waals surface area contributed by atoms with Crippen molar-refractivity contribution in [3.8, 4) is 45.6 Å². The van der Waals surface area contributed by atoms with Crippen molar-refractivity contribution in [2.75, 3.05) is 0 Å². The van der Waals surface area contributed by atoms with Gasteiger partial charge in [0.05, 0.1) is 69.4 Å². The van der Waals surface area contributed by atoms with Crippen LogP contribution < -0.4 is 20.4 Å². The van der Waals surface area contributed by atoms with Crippen molar-refractivity contribution < 1.29 is 150 Å². The Morgan fingerprint density at radius 1 is 0.232 bits per heavy atom. The number of pyridine rings is 8. The summed E-state index contributed by atoms with van der Waals surface area (Å²) >= 11 is 0. The molecule has 0 bridgehead atoms. The summed E-state index contributed by atoms with van der Waals surface area (Å²) in [6, 6.07) is 47.0. The minimum absolute atomic E-state index is 0. The molecule has 0 aliphatic heterocycles. The number of hydrogen-bond donors (Lipinski definition) is 0. The molecule has 8 heterocycles. The fourth-order valence-corrected chi connectivity index (χ4v) is 5.39. The molecular weight excluding hydrogens is 1180 g/mol. The number of aromatic nitrogens is 8. The monoisotopic (exact) mass is 1250 g/mol. The molecule has 8 aromatic heterocycles. The number of rotatable bonds is 8. The molecule has 30 N–H and O–H groups in total. The number of carboxylic acid groups (broad SMARTS) is 4. The number of carboxylic acids is 4. The van der Waals surface area contributed by atoms with Crippen LogP contribution in [0.1, 0.15) is 41.4 Å². The van der Waals surface area contributed by atoms with Gasteiger partial charge in [-0.15, -0.1) is 0 Å². The Balaban J connectivity index is -0.0000000717. The summed E-state index contributed by atoms with van der Waals surface area (Å²) in [5.41, 5.74) is 3.21. The van der Waals surface area contributed by atoms with Crippen LogP contribution in [0.2, 0.25) is 0 Å². The zero-order valence-corrected chi connectivity index (χ0v) is 44.4. The van der Waals surface area contributed by atoms with Gasteiger partial charge in [0.2, 0.25) is 0 Å². The van der Waals surface area contributed by atoms with Crippen molar-refractivity contribution in [2.24, 2.45) is 0 Å². The van der Waals surface area contributed by atoms with Gasteiger partial charge in [-0.05, 0) is 109 Å². The third kappa shape index (κ3) is 32.6. The minimum Gasteiger partial charge on any atom is -0.545 e. The van der Waals surface area contributed by atoms with Crippen LogP contribution in [0.3, 0.4) is 0 Å². The van der Waals surface area contributed by atoms with E-state index in [1.54, 1.807) is 49.6 Å². The van der Waals surface area contributed by atoms with Gasteiger partial charge in [-0.25, -0.2) is 0 Å². The quantitative estimate of drug-likeness (QED) is 0.128. The van der Waals surface area contributed by atoms with Gasteiger partial charge in [-0.1, -0.05) is 48.5 Å². The molecule has 0 amide bonds. The molecule has 9 rings (SSSR count). The van der Waals surface area contributed by atoms with Crippen LogP contribution in [0.5, 0.6) is 0 Å². The first-order valence-corrected chi connectivity index (χ1v) is 19.5. The van der Waals surface area contributed by atoms with E-state index in [9.17, 15) is 39.6 Å². The van der Waals surface area contributed by atoms with E-state index in [-0.39, 0.29) is 110 Å². The van der Waals surface area contributed by atoms with Gasteiger partial charge in [0.1, 0.15) is 0 Å². The normalized spacial score (nSPS) is 7.80. The SMILES string of the molecule is O.O.O.O.O.O.O.O.O.O.O.O.O=C([O-])c1cc(C(=O)[O-])c(C(=O)[O-])cc1C(=O)[O-].[Co+2].[Co+2].[OH3+].[OH3+].c1ccc(-c2ccccn2)nc1.c1ccc(-c2ccccn2)nc1.c1ccc(-c2ccccn2)nc1.c1ccc(-c2ccccn2)nc1. The van der Waals surface area contributed by atoms with Gasteiger partial charge in [-0.3, -0.25) is 39.9 Å². The molecule has 0 aliphatic carbocycles. The van der Waals surface area contributed by atoms with E-state index in [1.807, 2.05) is 146 Å². The smallest absolute Gasteiger partial charge is 0.545 e. The van der Waals surface area contributed by atoms with E-state index >= 15 is 0 Å². The maximum Gasteiger partial charge on any atom is 2.00 e. The third-order valence-electron chi connectivity index (χ3n) is 8.41. The van der Waals surface area contributed by atoms with Crippen LogP contribution in [0.4, 0.5) is 0 Å². The van der Waals surface area contributed by atoms with Gasteiger partial charge in [0.25, 0.3) is 0 Å². The predicted octanol–water partition coefficient (Wildman–Crippen LogP) is -8.03. The molecule has 0 saturated carbocycles. The summed E-state index contributed by atoms with van der Waals surface area (Å²) in [6.07, 6.45) is 14.1. The summed E-state index contributed by atoms with van der Waals surface area (Å²) in [6.45, 7) is 0. The summed E-state index contributed by atoms with van der Waals surface area (Å²) in [7, 11) is 0. The van der Waals surface area contributed by atoms with Gasteiger partial charge in [0.15, 0.2) is 0 Å². The number of benzene rings is 1. The van der Waals surface area contributed by atoms with Gasteiger partial charge < -0.3 is 116 Å². The van der Waals surface area contributed by atoms with Crippen molar-refractivity contribution in [1.82, 2.24) is 39.9 Å². The van der Waals surface area contributed by atoms with E-state index in [2.05, 4.69) is 39.9 Å². The molecule has 0 unspecified atom stereocenters. The first-order valence-electron chi connectivity index (χ1n) is 19.5. The molecule has 2 radical (unpaired) electrons. The molecule has 1 aromatic carbocycles. The Hall–Kier alpha value is -9.25. The fourth-order valence-electron chi connectivity index (χ4n) is 5.39. The van der Waals surface area contributed by atoms with Crippen LogP contribution in [0, 0.1) is 0 Å². The maximum atomic E-state index is 10.6. The van der Waals surface area contributed by atoms with E-state index in [0.29, 0.717) is 12.1 Å². The van der Waals surface area contributed by atoms with Gasteiger partial charge >= 0.3 is 33.6 Å². The van der Waals surface area contributed by atoms with Crippen LogP contribution in [-0.4, -0.2) is 129 Å². The zero-order valence-electron chi connectivity index (χ0n) is 42.3. The molecule has 32 heteroatoms. The van der Waals surface area contributed by atoms with Crippen molar-refractivity contribution in [1.29, 1.82) is 0 Å². The fraction of sp³-hybridized carbons (Fsp3) is 0. The van der Waals surface area contributed by atoms with Crippen molar-refractivity contribution in [2.45, 2.75) is 0 Å². The molecule has 9 aromatic rings. The van der Waals surface area contributed by atoms with Crippen LogP contribution >= 0.6 is 0 Å². The first kappa shape index (κ1) is 101. The second-order valence-electron chi connectivity index (χ2n) is 12.8. The van der Waals surface area contributed by atoms with Crippen molar-refractivity contribution in [3.05, 3.63) is 230 Å². The standard InChI is InChI=1S/4C10H8N2.C10H6O8.2Co.14H2O/c4*1-3-7-11-9(5-1)10-6-2-4-8-12-10;11-7(12)3-1-4(8(13)14)6(10(17)18)2-5(3)9(15)16;;;;;;;;;;;;;;;;/h4*1-8H;1-2H,(H,11,12)(H,13,14)(H,15,16)(H,17,18);;;14*1H2/q;;;;;2*+2;;;;;;;;;;;;;;/p-2. The Morgan fingerprint density at radius 3 is 0.415 bits per heavy atom. The van der Waals surface area contributed by atoms with Crippen LogP contribution in [0.15, 0.2) is 207 Å². The largest absolute Gasteiger partial charge is 2.00 e. The predicted molar refractivity (Wildman–Crippen MR) is 287 cm³/mol. The third-order valence-corrected chi connectivity index (χ3v) is 8.41. The van der Waals surface area contributed by atoms with Crippen LogP contribution in [0.25, 0.3) is 45.6 Å². The van der Waals surface area contributed by atoms with E-state index in [1.165, 1.54) is 0 Å². The number of hydrogen-bond acceptors (Lipinski definition) is 16. The number of carbonyl (C=O) groups excluding carboxylic acids is 4. The topological polar surface area (TPSA) is 708 Å². The minimum atomic E-state index is -2.00. The number of aromatic carboxylic acids is 4. The van der Waals surface area contributed by atoms with Gasteiger partial charge in [0, 0.05) is 71.8 Å². The van der Waals surface area contributed by atoms with E-state index in [4.69, 9.17) is 0 Å². The Morgan fingerprint density at radius 2 is 0.341 bits per heavy atom. The molecule has 0 spiro atoms. The van der Waals surface area contributed by atoms with Gasteiger partial charge in [-0.2, -0.15) is 0 Å². The molecule has 0 aliphatic rings. The van der Waals surface area contributed by atoms with Crippen LogP contribution in [-0.2, 0) is 44.5 Å². The van der Waals surface area contributed by atoms with E-state index in [0.717, 1.165) is 45.6 Å². The van der Waals surface area contributed by atoms with E-state index < -0.39 is 46.1 Å². The first-order chi connectivity index (χ1) is 32.1. The summed E-state index contributed by atoms with van der Waals surface area (Å²) in [5, 5.41) is 42.4. The Kier molecular flexibility index (Phi) is 68.2. The molecule has 0 saturated heterocycles. The summed E-state index contributed by atoms with van der Waals surface area (Å²) in [4.78, 5) is 75.9. The molecule has 82 heavy (non-hydrogen) atoms. The molecule has 0 fully saturated rings. The maximum absolute atomic E-state index is 10.6. The Labute approximate surface area is 486 Å². The van der Waals surface area contributed by atoms with Crippen molar-refractivity contribution >= 4 is 23.9 Å². The number of nitrogens with zero attached hydrogens (tertiary/aromatic N) is 8. The average Bonchev–Trinajstić information content (AvgIpc) is 3.38. The van der Waals surface area contributed by atoms with Crippen molar-refractivity contribution in [3.63, 3.8) is 0 Å². The average molecular weight is 1250 g/mol. The summed E-state index contributed by atoms with van der Waals surface area (Å²) < 4.78 is 0. The molecular formula is C50H64Co2N8O22+2. The second kappa shape index (κ2) is 55.1. The Bertz CT molecular complexity index is 2390.